The van der Waals surface area contributed by atoms with Gasteiger partial charge >= 0.3 is 0 Å². The Morgan fingerprint density at radius 2 is 2.00 bits per heavy atom. The molecule has 14 heavy (non-hydrogen) atoms. The first kappa shape index (κ1) is 9.17. The maximum atomic E-state index is 5.58. The highest BCUT2D eigenvalue weighted by Gasteiger charge is 2.45. The number of nitrogens with two attached hydrogens (primary N) is 1. The summed E-state index contributed by atoms with van der Waals surface area (Å²) < 4.78 is 0. The minimum Gasteiger partial charge on any atom is -0.330 e. The Hall–Kier alpha value is -0.0800. The van der Waals surface area contributed by atoms with E-state index in [1.165, 1.54) is 38.8 Å². The van der Waals surface area contributed by atoms with Crippen LogP contribution in [-0.2, 0) is 0 Å². The molecular weight excluding hydrogens is 172 g/mol. The van der Waals surface area contributed by atoms with E-state index in [0.29, 0.717) is 0 Å². The predicted molar refractivity (Wildman–Crippen MR) is 58.0 cm³/mol. The van der Waals surface area contributed by atoms with Gasteiger partial charge < -0.3 is 5.73 Å². The Labute approximate surface area is 86.8 Å². The summed E-state index contributed by atoms with van der Waals surface area (Å²) in [7, 11) is 0. The van der Waals surface area contributed by atoms with Crippen molar-refractivity contribution in [3.8, 4) is 0 Å². The summed E-state index contributed by atoms with van der Waals surface area (Å²) in [5, 5.41) is 0. The van der Waals surface area contributed by atoms with Crippen LogP contribution in [0.3, 0.4) is 0 Å². The first-order valence-corrected chi connectivity index (χ1v) is 6.31. The van der Waals surface area contributed by atoms with Crippen LogP contribution in [0.1, 0.15) is 32.1 Å². The van der Waals surface area contributed by atoms with Gasteiger partial charge in [0.25, 0.3) is 0 Å². The van der Waals surface area contributed by atoms with E-state index in [9.17, 15) is 0 Å². The lowest BCUT2D eigenvalue weighted by Gasteiger charge is -2.46. The molecule has 3 fully saturated rings. The van der Waals surface area contributed by atoms with Crippen LogP contribution in [0.25, 0.3) is 0 Å². The zero-order valence-corrected chi connectivity index (χ0v) is 8.99. The predicted octanol–water partition coefficient (Wildman–Crippen LogP) is 1.46. The van der Waals surface area contributed by atoms with Crippen molar-refractivity contribution in [1.82, 2.24) is 4.90 Å². The number of fused-ring (bicyclic) bond motifs is 2. The lowest BCUT2D eigenvalue weighted by atomic mass is 9.87. The fourth-order valence-electron chi connectivity index (χ4n) is 3.96. The number of hydrogen-bond donors (Lipinski definition) is 1. The first-order chi connectivity index (χ1) is 6.86. The topological polar surface area (TPSA) is 29.3 Å². The standard InChI is InChI=1S/C12H22N2/c13-4-3-10-7-14(8-10)12-6-9-1-2-11(12)5-9/h9-12H,1-8,13H2. The van der Waals surface area contributed by atoms with Gasteiger partial charge in [-0.15, -0.1) is 0 Å². The number of likely N-dealkylation sites (tertiary alicyclic amines) is 1. The van der Waals surface area contributed by atoms with Gasteiger partial charge in [0.1, 0.15) is 0 Å². The average Bonchev–Trinajstić information content (AvgIpc) is 2.71. The van der Waals surface area contributed by atoms with Crippen LogP contribution in [0.4, 0.5) is 0 Å². The average molecular weight is 194 g/mol. The highest BCUT2D eigenvalue weighted by atomic mass is 15.2. The second-order valence-electron chi connectivity index (χ2n) is 5.64. The van der Waals surface area contributed by atoms with Crippen LogP contribution >= 0.6 is 0 Å². The van der Waals surface area contributed by atoms with Crippen LogP contribution in [-0.4, -0.2) is 30.6 Å². The van der Waals surface area contributed by atoms with Gasteiger partial charge in [-0.1, -0.05) is 6.42 Å². The van der Waals surface area contributed by atoms with Gasteiger partial charge in [0.2, 0.25) is 0 Å². The van der Waals surface area contributed by atoms with Gasteiger partial charge in [0.05, 0.1) is 0 Å². The van der Waals surface area contributed by atoms with Gasteiger partial charge in [0, 0.05) is 19.1 Å². The van der Waals surface area contributed by atoms with Crippen LogP contribution in [0, 0.1) is 17.8 Å². The molecule has 2 nitrogen and oxygen atoms in total. The summed E-state index contributed by atoms with van der Waals surface area (Å²) in [4.78, 5) is 2.74. The van der Waals surface area contributed by atoms with Gasteiger partial charge in [0.15, 0.2) is 0 Å². The molecule has 3 aliphatic rings. The summed E-state index contributed by atoms with van der Waals surface area (Å²) in [5.74, 6) is 3.09. The Morgan fingerprint density at radius 1 is 1.14 bits per heavy atom. The molecule has 2 N–H and O–H groups in total. The van der Waals surface area contributed by atoms with Crippen LogP contribution < -0.4 is 5.73 Å². The molecule has 2 heteroatoms. The summed E-state index contributed by atoms with van der Waals surface area (Å²) in [6.07, 6.45) is 7.36. The molecule has 0 aromatic carbocycles. The van der Waals surface area contributed by atoms with Crippen molar-refractivity contribution < 1.29 is 0 Å². The molecular formula is C12H22N2. The normalized spacial score (nSPS) is 43.1. The quantitative estimate of drug-likeness (QED) is 0.737. The maximum absolute atomic E-state index is 5.58. The van der Waals surface area contributed by atoms with Crippen molar-refractivity contribution in [3.63, 3.8) is 0 Å². The molecule has 0 aromatic heterocycles. The van der Waals surface area contributed by atoms with Crippen molar-refractivity contribution in [2.75, 3.05) is 19.6 Å². The zero-order valence-electron chi connectivity index (χ0n) is 8.99. The molecule has 80 valence electrons. The van der Waals surface area contributed by atoms with E-state index in [1.807, 2.05) is 0 Å². The van der Waals surface area contributed by atoms with Crippen LogP contribution in [0.2, 0.25) is 0 Å². The minimum absolute atomic E-state index is 0.884. The third-order valence-electron chi connectivity index (χ3n) is 4.73. The Bertz CT molecular complexity index is 210. The Balaban J connectivity index is 1.50. The molecule has 1 aliphatic heterocycles. The van der Waals surface area contributed by atoms with E-state index < -0.39 is 0 Å². The number of hydrogen-bond acceptors (Lipinski definition) is 2. The molecule has 1 saturated heterocycles. The van der Waals surface area contributed by atoms with Crippen LogP contribution in [0.15, 0.2) is 0 Å². The number of nitrogens with zero attached hydrogens (tertiary/aromatic N) is 1. The van der Waals surface area contributed by atoms with Gasteiger partial charge in [-0.05, 0) is 50.0 Å². The zero-order chi connectivity index (χ0) is 9.54. The summed E-state index contributed by atoms with van der Waals surface area (Å²) in [6.45, 7) is 3.59. The van der Waals surface area contributed by atoms with E-state index in [2.05, 4.69) is 4.90 Å². The van der Waals surface area contributed by atoms with E-state index >= 15 is 0 Å². The first-order valence-electron chi connectivity index (χ1n) is 6.31. The van der Waals surface area contributed by atoms with E-state index in [4.69, 9.17) is 5.73 Å². The molecule has 3 atom stereocenters. The number of rotatable bonds is 3. The van der Waals surface area contributed by atoms with Gasteiger partial charge in [-0.3, -0.25) is 4.90 Å². The maximum Gasteiger partial charge on any atom is 0.0126 e. The molecule has 3 unspecified atom stereocenters. The highest BCUT2D eigenvalue weighted by Crippen LogP contribution is 2.48. The third kappa shape index (κ3) is 1.40. The summed E-state index contributed by atoms with van der Waals surface area (Å²) >= 11 is 0. The van der Waals surface area contributed by atoms with Crippen LogP contribution in [0.5, 0.6) is 0 Å². The fourth-order valence-corrected chi connectivity index (χ4v) is 3.96. The SMILES string of the molecule is NCCC1CN(C2CC3CCC2C3)C1. The molecule has 0 amide bonds. The Kier molecular flexibility index (Phi) is 2.29. The van der Waals surface area contributed by atoms with Crippen molar-refractivity contribution >= 4 is 0 Å². The molecule has 0 radical (unpaired) electrons. The van der Waals surface area contributed by atoms with Crippen molar-refractivity contribution in [2.45, 2.75) is 38.1 Å². The van der Waals surface area contributed by atoms with Crippen molar-refractivity contribution in [2.24, 2.45) is 23.5 Å². The smallest absolute Gasteiger partial charge is 0.0126 e. The third-order valence-corrected chi connectivity index (χ3v) is 4.73. The molecule has 0 aromatic rings. The molecule has 2 aliphatic carbocycles. The monoisotopic (exact) mass is 194 g/mol. The second-order valence-corrected chi connectivity index (χ2v) is 5.64. The summed E-state index contributed by atoms with van der Waals surface area (Å²) in [5.41, 5.74) is 5.58. The highest BCUT2D eigenvalue weighted by molar-refractivity contribution is 4.98. The van der Waals surface area contributed by atoms with Crippen molar-refractivity contribution in [1.29, 1.82) is 0 Å². The fraction of sp³-hybridized carbons (Fsp3) is 1.00. The van der Waals surface area contributed by atoms with E-state index in [0.717, 1.165) is 30.3 Å². The molecule has 1 heterocycles. The van der Waals surface area contributed by atoms with Gasteiger partial charge in [-0.25, -0.2) is 0 Å². The minimum atomic E-state index is 0.884. The van der Waals surface area contributed by atoms with E-state index in [-0.39, 0.29) is 0 Å². The lowest BCUT2D eigenvalue weighted by Crippen LogP contribution is -2.54. The molecule has 0 spiro atoms. The lowest BCUT2D eigenvalue weighted by molar-refractivity contribution is 0.0244. The molecule has 3 rings (SSSR count). The largest absolute Gasteiger partial charge is 0.330 e. The Morgan fingerprint density at radius 3 is 2.57 bits per heavy atom. The van der Waals surface area contributed by atoms with Crippen molar-refractivity contribution in [3.05, 3.63) is 0 Å². The molecule has 2 saturated carbocycles. The molecule has 2 bridgehead atoms. The van der Waals surface area contributed by atoms with E-state index in [1.54, 1.807) is 6.42 Å². The second kappa shape index (κ2) is 3.49. The van der Waals surface area contributed by atoms with Gasteiger partial charge in [-0.2, -0.15) is 0 Å². The summed E-state index contributed by atoms with van der Waals surface area (Å²) in [6, 6.07) is 0.975.